The van der Waals surface area contributed by atoms with Crippen LogP contribution in [0, 0.1) is 5.82 Å². The van der Waals surface area contributed by atoms with Crippen LogP contribution in [0.3, 0.4) is 0 Å². The van der Waals surface area contributed by atoms with Crippen molar-refractivity contribution in [2.75, 3.05) is 6.54 Å². The van der Waals surface area contributed by atoms with Gasteiger partial charge in [-0.2, -0.15) is 5.10 Å². The number of H-pyrrole nitrogens is 2. The average Bonchev–Trinajstić information content (AvgIpc) is 3.58. The third kappa shape index (κ3) is 4.57. The molecule has 1 aliphatic rings. The first-order valence-electron chi connectivity index (χ1n) is 12.1. The lowest BCUT2D eigenvalue weighted by atomic mass is 10.1. The van der Waals surface area contributed by atoms with Gasteiger partial charge in [-0.25, -0.2) is 13.9 Å². The summed E-state index contributed by atoms with van der Waals surface area (Å²) in [6.07, 6.45) is 1.13. The van der Waals surface area contributed by atoms with Crippen molar-refractivity contribution in [3.63, 3.8) is 0 Å². The Balaban J connectivity index is 1.36. The highest BCUT2D eigenvalue weighted by atomic mass is 79.9. The molecule has 38 heavy (non-hydrogen) atoms. The first-order valence-corrected chi connectivity index (χ1v) is 12.9. The second kappa shape index (κ2) is 9.70. The maximum atomic E-state index is 13.7. The highest BCUT2D eigenvalue weighted by Gasteiger charge is 2.40. The van der Waals surface area contributed by atoms with E-state index in [2.05, 4.69) is 25.9 Å². The molecule has 2 N–H and O–H groups in total. The van der Waals surface area contributed by atoms with E-state index in [4.69, 9.17) is 9.84 Å². The molecule has 0 aliphatic carbocycles. The van der Waals surface area contributed by atoms with E-state index in [1.807, 2.05) is 48.7 Å². The summed E-state index contributed by atoms with van der Waals surface area (Å²) in [6.45, 7) is 2.14. The van der Waals surface area contributed by atoms with E-state index in [1.54, 1.807) is 28.6 Å². The van der Waals surface area contributed by atoms with E-state index in [0.717, 1.165) is 32.3 Å². The van der Waals surface area contributed by atoms with Crippen LogP contribution >= 0.6 is 15.9 Å². The second-order valence-corrected chi connectivity index (χ2v) is 10.1. The van der Waals surface area contributed by atoms with Gasteiger partial charge in [-0.15, -0.1) is 0 Å². The number of benzene rings is 3. The molecule has 2 aromatic heterocycles. The van der Waals surface area contributed by atoms with Gasteiger partial charge in [0, 0.05) is 28.3 Å². The number of halogens is 2. The fourth-order valence-corrected chi connectivity index (χ4v) is 5.02. The number of hydrogen-bond donors (Lipinski definition) is 2. The van der Waals surface area contributed by atoms with Crippen molar-refractivity contribution in [1.29, 1.82) is 0 Å². The molecule has 1 aliphatic heterocycles. The Morgan fingerprint density at radius 2 is 1.74 bits per heavy atom. The van der Waals surface area contributed by atoms with E-state index in [0.29, 0.717) is 24.2 Å². The number of carbonyl (C=O) groups excluding carboxylic acids is 1. The van der Waals surface area contributed by atoms with Gasteiger partial charge in [-0.05, 0) is 79.6 Å². The van der Waals surface area contributed by atoms with Gasteiger partial charge in [0.15, 0.2) is 6.23 Å². The quantitative estimate of drug-likeness (QED) is 0.294. The molecule has 2 atom stereocenters. The fourth-order valence-electron chi connectivity index (χ4n) is 4.75. The number of amides is 1. The van der Waals surface area contributed by atoms with Crippen LogP contribution in [0.1, 0.15) is 24.3 Å². The first kappa shape index (κ1) is 24.3. The zero-order chi connectivity index (χ0) is 26.4. The van der Waals surface area contributed by atoms with Crippen molar-refractivity contribution in [3.05, 3.63) is 105 Å². The van der Waals surface area contributed by atoms with Crippen molar-refractivity contribution in [2.24, 2.45) is 0 Å². The molecule has 1 fully saturated rings. The molecule has 10 heteroatoms. The Kier molecular flexibility index (Phi) is 6.21. The van der Waals surface area contributed by atoms with E-state index in [9.17, 15) is 14.0 Å². The second-order valence-electron chi connectivity index (χ2n) is 9.23. The van der Waals surface area contributed by atoms with Gasteiger partial charge in [-0.3, -0.25) is 4.79 Å². The minimum absolute atomic E-state index is 0.118. The highest BCUT2D eigenvalue weighted by molar-refractivity contribution is 9.10. The van der Waals surface area contributed by atoms with Gasteiger partial charge in [0.2, 0.25) is 0 Å². The van der Waals surface area contributed by atoms with Crippen molar-refractivity contribution < 1.29 is 13.9 Å². The van der Waals surface area contributed by atoms with Crippen LogP contribution in [0.25, 0.3) is 28.0 Å². The summed E-state index contributed by atoms with van der Waals surface area (Å²) in [5, 5.41) is 4.82. The molecule has 3 heterocycles. The predicted molar refractivity (Wildman–Crippen MR) is 144 cm³/mol. The topological polar surface area (TPSA) is 96.0 Å². The minimum Gasteiger partial charge on any atom is -0.341 e. The van der Waals surface area contributed by atoms with E-state index < -0.39 is 12.3 Å². The lowest BCUT2D eigenvalue weighted by Gasteiger charge is -2.23. The normalized spacial score (nSPS) is 17.6. The lowest BCUT2D eigenvalue weighted by molar-refractivity contribution is -0.130. The van der Waals surface area contributed by atoms with Gasteiger partial charge in [0.05, 0.1) is 16.7 Å². The number of carbonyl (C=O) groups is 1. The third-order valence-corrected chi connectivity index (χ3v) is 7.21. The zero-order valence-electron chi connectivity index (χ0n) is 20.3. The van der Waals surface area contributed by atoms with Gasteiger partial charge in [0.25, 0.3) is 5.91 Å². The number of ether oxygens (including phenoxy) is 1. The first-order chi connectivity index (χ1) is 18.4. The standard InChI is InChI=1S/C28H23BrFN5O3/c1-16-26(36)34(13-12-17-2-11-23-24(14-17)32-28(37)31-23)27(38-16)22-15-35(21-9-5-19(29)6-10-21)33-25(22)18-3-7-20(30)8-4-18/h2-11,14-16,27H,12-13H2,1H3,(H2,31,32,37)/t16-,27+/m0/s1. The molecular formula is C28H23BrFN5O3. The number of nitrogens with one attached hydrogen (secondary N) is 2. The van der Waals surface area contributed by atoms with Gasteiger partial charge < -0.3 is 19.6 Å². The number of rotatable bonds is 6. The lowest BCUT2D eigenvalue weighted by Crippen LogP contribution is -2.32. The summed E-state index contributed by atoms with van der Waals surface area (Å²) < 4.78 is 22.6. The van der Waals surface area contributed by atoms with Crippen LogP contribution in [-0.4, -0.2) is 43.2 Å². The van der Waals surface area contributed by atoms with Crippen LogP contribution in [-0.2, 0) is 16.0 Å². The van der Waals surface area contributed by atoms with Gasteiger partial charge >= 0.3 is 5.69 Å². The Bertz CT molecular complexity index is 1690. The number of hydrogen-bond acceptors (Lipinski definition) is 4. The number of aromatic amines is 2. The summed E-state index contributed by atoms with van der Waals surface area (Å²) in [7, 11) is 0. The van der Waals surface area contributed by atoms with Crippen molar-refractivity contribution in [2.45, 2.75) is 25.7 Å². The molecule has 1 saturated heterocycles. The SMILES string of the molecule is C[C@@H]1O[C@H](c2cn(-c3ccc(Br)cc3)nc2-c2ccc(F)cc2)N(CCc2ccc3[nH]c(=O)[nH]c3c2)C1=O. The van der Waals surface area contributed by atoms with Crippen molar-refractivity contribution in [3.8, 4) is 16.9 Å². The minimum atomic E-state index is -0.669. The Hall–Kier alpha value is -4.02. The Morgan fingerprint density at radius 1 is 1.00 bits per heavy atom. The molecule has 0 saturated carbocycles. The van der Waals surface area contributed by atoms with E-state index in [-0.39, 0.29) is 17.4 Å². The Morgan fingerprint density at radius 3 is 2.50 bits per heavy atom. The van der Waals surface area contributed by atoms with E-state index in [1.165, 1.54) is 12.1 Å². The molecule has 0 spiro atoms. The summed E-state index contributed by atoms with van der Waals surface area (Å²) in [6, 6.07) is 19.5. The smallest absolute Gasteiger partial charge is 0.323 e. The largest absolute Gasteiger partial charge is 0.341 e. The van der Waals surface area contributed by atoms with Crippen molar-refractivity contribution in [1.82, 2.24) is 24.6 Å². The van der Waals surface area contributed by atoms with Crippen LogP contribution < -0.4 is 5.69 Å². The molecule has 3 aromatic carbocycles. The summed E-state index contributed by atoms with van der Waals surface area (Å²) in [5.41, 5.74) is 5.04. The summed E-state index contributed by atoms with van der Waals surface area (Å²) >= 11 is 3.46. The molecule has 0 unspecified atom stereocenters. The molecule has 8 nitrogen and oxygen atoms in total. The number of nitrogens with zero attached hydrogens (tertiary/aromatic N) is 3. The predicted octanol–water partition coefficient (Wildman–Crippen LogP) is 5.10. The van der Waals surface area contributed by atoms with Crippen molar-refractivity contribution >= 4 is 32.9 Å². The molecule has 192 valence electrons. The maximum Gasteiger partial charge on any atom is 0.323 e. The molecule has 6 rings (SSSR count). The van der Waals surface area contributed by atoms with Crippen LogP contribution in [0.5, 0.6) is 0 Å². The zero-order valence-corrected chi connectivity index (χ0v) is 21.9. The summed E-state index contributed by atoms with van der Waals surface area (Å²) in [4.78, 5) is 32.0. The third-order valence-electron chi connectivity index (χ3n) is 6.69. The maximum absolute atomic E-state index is 13.7. The summed E-state index contributed by atoms with van der Waals surface area (Å²) in [5.74, 6) is -0.460. The molecule has 0 bridgehead atoms. The fraction of sp³-hybridized carbons (Fsp3) is 0.179. The number of imidazole rings is 1. The van der Waals surface area contributed by atoms with Gasteiger partial charge in [-0.1, -0.05) is 22.0 Å². The highest BCUT2D eigenvalue weighted by Crippen LogP contribution is 2.37. The average molecular weight is 576 g/mol. The van der Waals surface area contributed by atoms with Crippen LogP contribution in [0.15, 0.2) is 82.2 Å². The van der Waals surface area contributed by atoms with Crippen LogP contribution in [0.4, 0.5) is 4.39 Å². The molecule has 0 radical (unpaired) electrons. The number of aromatic nitrogens is 4. The number of fused-ring (bicyclic) bond motifs is 1. The monoisotopic (exact) mass is 575 g/mol. The van der Waals surface area contributed by atoms with E-state index >= 15 is 0 Å². The van der Waals surface area contributed by atoms with Crippen LogP contribution in [0.2, 0.25) is 0 Å². The Labute approximate surface area is 225 Å². The van der Waals surface area contributed by atoms with Gasteiger partial charge in [0.1, 0.15) is 17.6 Å². The molecule has 5 aromatic rings. The molecular weight excluding hydrogens is 553 g/mol. The molecule has 1 amide bonds.